The molecule has 2 aliphatic rings. The molecule has 3 aromatic rings. The molecule has 5 rings (SSSR count). The van der Waals surface area contributed by atoms with Crippen LogP contribution in [0.15, 0.2) is 30.2 Å². The Morgan fingerprint density at radius 3 is 2.63 bits per heavy atom. The molecular weight excluding hydrogens is 548 g/mol. The van der Waals surface area contributed by atoms with Gasteiger partial charge in [0.1, 0.15) is 33.7 Å². The van der Waals surface area contributed by atoms with Crippen molar-refractivity contribution in [3.05, 3.63) is 35.9 Å². The lowest BCUT2D eigenvalue weighted by molar-refractivity contribution is -0.147. The summed E-state index contributed by atoms with van der Waals surface area (Å²) in [7, 11) is 3.09. The molecule has 2 amide bonds. The summed E-state index contributed by atoms with van der Waals surface area (Å²) in [6, 6.07) is 2.84. The van der Waals surface area contributed by atoms with Gasteiger partial charge in [-0.05, 0) is 51.6 Å². The minimum Gasteiger partial charge on any atom is -0.471 e. The molecule has 4 heterocycles. The predicted molar refractivity (Wildman–Crippen MR) is 151 cm³/mol. The summed E-state index contributed by atoms with van der Waals surface area (Å²) in [5.74, 6) is -0.496. The largest absolute Gasteiger partial charge is 0.471 e. The predicted octanol–water partition coefficient (Wildman–Crippen LogP) is 3.39. The summed E-state index contributed by atoms with van der Waals surface area (Å²) in [4.78, 5) is 50.2. The summed E-state index contributed by atoms with van der Waals surface area (Å²) in [5.41, 5.74) is 0.303. The normalized spacial score (nSPS) is 23.8. The molecule has 1 N–H and O–H groups in total. The number of methoxy groups -OCH3 is 1. The van der Waals surface area contributed by atoms with Crippen LogP contribution in [0.5, 0.6) is 5.88 Å². The SMILES string of the molecule is C=C[C@@H]1C[C@]1(NC(=O)[C@@H]1C[C@@H](Oc2nc(-c3cc(C)nn3C)nc3ccsc23)CN1C(=O)OC(C)(C)C)C(=O)OC. The van der Waals surface area contributed by atoms with Crippen LogP contribution >= 0.6 is 11.3 Å². The molecule has 1 saturated carbocycles. The van der Waals surface area contributed by atoms with Crippen LogP contribution in [-0.4, -0.2) is 79.6 Å². The van der Waals surface area contributed by atoms with Crippen LogP contribution in [0.25, 0.3) is 21.7 Å². The minimum atomic E-state index is -1.20. The minimum absolute atomic E-state index is 0.0835. The van der Waals surface area contributed by atoms with Gasteiger partial charge >= 0.3 is 12.1 Å². The highest BCUT2D eigenvalue weighted by molar-refractivity contribution is 7.17. The van der Waals surface area contributed by atoms with E-state index in [1.807, 2.05) is 31.5 Å². The average molecular weight is 583 g/mol. The number of rotatable bonds is 7. The number of fused-ring (bicyclic) bond motifs is 1. The van der Waals surface area contributed by atoms with Crippen molar-refractivity contribution >= 4 is 39.5 Å². The molecule has 1 saturated heterocycles. The Morgan fingerprint density at radius 2 is 2.02 bits per heavy atom. The smallest absolute Gasteiger partial charge is 0.411 e. The van der Waals surface area contributed by atoms with E-state index in [-0.39, 0.29) is 18.9 Å². The number of nitrogens with one attached hydrogen (secondary N) is 1. The number of nitrogens with zero attached hydrogens (tertiary/aromatic N) is 5. The van der Waals surface area contributed by atoms with Gasteiger partial charge in [-0.3, -0.25) is 14.4 Å². The summed E-state index contributed by atoms with van der Waals surface area (Å²) >= 11 is 1.44. The number of esters is 1. The first-order valence-corrected chi connectivity index (χ1v) is 14.2. The summed E-state index contributed by atoms with van der Waals surface area (Å²) < 4.78 is 19.4. The third-order valence-corrected chi connectivity index (χ3v) is 8.06. The zero-order chi connectivity index (χ0) is 29.7. The molecule has 0 aromatic carbocycles. The third kappa shape index (κ3) is 5.50. The molecule has 1 aliphatic carbocycles. The lowest BCUT2D eigenvalue weighted by Gasteiger charge is -2.28. The molecule has 0 radical (unpaired) electrons. The molecule has 2 fully saturated rings. The topological polar surface area (TPSA) is 138 Å². The van der Waals surface area contributed by atoms with E-state index in [0.717, 1.165) is 21.6 Å². The van der Waals surface area contributed by atoms with Crippen LogP contribution in [0.2, 0.25) is 0 Å². The van der Waals surface area contributed by atoms with E-state index in [0.29, 0.717) is 18.1 Å². The van der Waals surface area contributed by atoms with Crippen LogP contribution in [-0.2, 0) is 26.1 Å². The van der Waals surface area contributed by atoms with Crippen LogP contribution in [0, 0.1) is 12.8 Å². The lowest BCUT2D eigenvalue weighted by Crippen LogP contribution is -2.53. The van der Waals surface area contributed by atoms with E-state index < -0.39 is 41.3 Å². The Bertz CT molecular complexity index is 1530. The number of amides is 2. The number of carbonyl (C=O) groups excluding carboxylic acids is 3. The summed E-state index contributed by atoms with van der Waals surface area (Å²) in [5, 5.41) is 9.13. The van der Waals surface area contributed by atoms with Crippen molar-refractivity contribution in [2.24, 2.45) is 13.0 Å². The third-order valence-electron chi connectivity index (χ3n) is 7.17. The molecule has 13 heteroatoms. The van der Waals surface area contributed by atoms with Gasteiger partial charge in [-0.2, -0.15) is 10.1 Å². The molecule has 1 aliphatic heterocycles. The highest BCUT2D eigenvalue weighted by atomic mass is 32.1. The molecule has 218 valence electrons. The van der Waals surface area contributed by atoms with E-state index in [2.05, 4.69) is 22.0 Å². The van der Waals surface area contributed by atoms with Gasteiger partial charge in [0.25, 0.3) is 0 Å². The van der Waals surface area contributed by atoms with Gasteiger partial charge in [0.05, 0.1) is 24.9 Å². The van der Waals surface area contributed by atoms with E-state index in [1.165, 1.54) is 23.3 Å². The van der Waals surface area contributed by atoms with E-state index >= 15 is 0 Å². The van der Waals surface area contributed by atoms with Crippen molar-refractivity contribution in [2.45, 2.75) is 63.8 Å². The van der Waals surface area contributed by atoms with Gasteiger partial charge in [-0.25, -0.2) is 14.6 Å². The van der Waals surface area contributed by atoms with Gasteiger partial charge in [0.15, 0.2) is 5.82 Å². The van der Waals surface area contributed by atoms with Crippen LogP contribution in [0.3, 0.4) is 0 Å². The van der Waals surface area contributed by atoms with Crippen molar-refractivity contribution in [1.29, 1.82) is 0 Å². The van der Waals surface area contributed by atoms with Gasteiger partial charge in [-0.15, -0.1) is 17.9 Å². The number of aryl methyl sites for hydroxylation is 2. The van der Waals surface area contributed by atoms with Crippen LogP contribution < -0.4 is 10.1 Å². The fourth-order valence-corrected chi connectivity index (χ4v) is 5.91. The van der Waals surface area contributed by atoms with E-state index in [4.69, 9.17) is 19.2 Å². The second-order valence-corrected chi connectivity index (χ2v) is 12.3. The van der Waals surface area contributed by atoms with Gasteiger partial charge in [0.2, 0.25) is 11.8 Å². The fourth-order valence-electron chi connectivity index (χ4n) is 5.15. The van der Waals surface area contributed by atoms with Gasteiger partial charge in [-0.1, -0.05) is 6.08 Å². The zero-order valence-corrected chi connectivity index (χ0v) is 24.8. The lowest BCUT2D eigenvalue weighted by atomic mass is 10.1. The molecule has 0 unspecified atom stereocenters. The van der Waals surface area contributed by atoms with Crippen molar-refractivity contribution < 1.29 is 28.6 Å². The van der Waals surface area contributed by atoms with E-state index in [1.54, 1.807) is 31.5 Å². The Labute approximate surface area is 241 Å². The molecular formula is C28H34N6O6S. The first-order chi connectivity index (χ1) is 19.3. The molecule has 0 bridgehead atoms. The first kappa shape index (κ1) is 28.5. The Hall–Kier alpha value is -4.00. The summed E-state index contributed by atoms with van der Waals surface area (Å²) in [6.45, 7) is 11.0. The van der Waals surface area contributed by atoms with Crippen molar-refractivity contribution in [3.63, 3.8) is 0 Å². The second-order valence-electron chi connectivity index (χ2n) is 11.4. The van der Waals surface area contributed by atoms with Gasteiger partial charge < -0.3 is 19.5 Å². The Balaban J connectivity index is 1.43. The standard InChI is InChI=1S/C28H34N6O6S/c1-8-16-13-28(16,25(36)38-7)31-23(35)20-12-17(14-34(20)26(37)40-27(3,4)5)39-24-21-18(9-10-41-21)29-22(30-24)19-11-15(2)32-33(19)6/h8-11,16-17,20H,1,12-14H2,2-7H3,(H,31,35)/t16-,17-,20+,28-/m1/s1. The maximum Gasteiger partial charge on any atom is 0.411 e. The van der Waals surface area contributed by atoms with Crippen molar-refractivity contribution in [3.8, 4) is 17.4 Å². The van der Waals surface area contributed by atoms with Gasteiger partial charge in [0, 0.05) is 19.4 Å². The Kier molecular flexibility index (Phi) is 7.26. The maximum atomic E-state index is 13.6. The summed E-state index contributed by atoms with van der Waals surface area (Å²) in [6.07, 6.45) is 0.927. The first-order valence-electron chi connectivity index (χ1n) is 13.3. The van der Waals surface area contributed by atoms with Crippen LogP contribution in [0.1, 0.15) is 39.3 Å². The Morgan fingerprint density at radius 1 is 1.27 bits per heavy atom. The number of carbonyl (C=O) groups is 3. The van der Waals surface area contributed by atoms with Crippen molar-refractivity contribution in [1.82, 2.24) is 30.0 Å². The zero-order valence-electron chi connectivity index (χ0n) is 24.0. The van der Waals surface area contributed by atoms with E-state index in [9.17, 15) is 14.4 Å². The highest BCUT2D eigenvalue weighted by Gasteiger charge is 2.62. The maximum absolute atomic E-state index is 13.6. The number of thiophene rings is 1. The molecule has 0 spiro atoms. The van der Waals surface area contributed by atoms with Crippen LogP contribution in [0.4, 0.5) is 4.79 Å². The highest BCUT2D eigenvalue weighted by Crippen LogP contribution is 2.45. The molecule has 3 aromatic heterocycles. The molecule has 41 heavy (non-hydrogen) atoms. The average Bonchev–Trinajstić information content (AvgIpc) is 3.24. The van der Waals surface area contributed by atoms with Crippen molar-refractivity contribution in [2.75, 3.05) is 13.7 Å². The fraction of sp³-hybridized carbons (Fsp3) is 0.500. The number of hydrogen-bond acceptors (Lipinski definition) is 10. The number of ether oxygens (including phenoxy) is 3. The number of hydrogen-bond donors (Lipinski definition) is 1. The monoisotopic (exact) mass is 582 g/mol. The molecule has 4 atom stereocenters. The number of likely N-dealkylation sites (tertiary alicyclic amines) is 1. The second kappa shape index (κ2) is 10.4. The quantitative estimate of drug-likeness (QED) is 0.328. The number of aromatic nitrogens is 4. The molecule has 12 nitrogen and oxygen atoms in total.